The zero-order valence-corrected chi connectivity index (χ0v) is 9.97. The minimum Gasteiger partial charge on any atom is -0.356 e. The van der Waals surface area contributed by atoms with Gasteiger partial charge in [-0.05, 0) is 15.9 Å². The first-order valence-electron chi connectivity index (χ1n) is 4.80. The van der Waals surface area contributed by atoms with Crippen LogP contribution in [0.25, 0.3) is 0 Å². The summed E-state index contributed by atoms with van der Waals surface area (Å²) in [6.45, 7) is 0.776. The number of aromatic nitrogens is 2. The Labute approximate surface area is 95.2 Å². The zero-order chi connectivity index (χ0) is 11.1. The molecule has 6 heteroatoms. The molecule has 84 valence electrons. The van der Waals surface area contributed by atoms with Crippen LogP contribution in [0.5, 0.6) is 0 Å². The summed E-state index contributed by atoms with van der Waals surface area (Å²) >= 11 is 3.27. The lowest BCUT2D eigenvalue weighted by atomic mass is 10.1. The molecule has 0 bridgehead atoms. The molecule has 0 unspecified atom stereocenters. The van der Waals surface area contributed by atoms with E-state index in [1.165, 1.54) is 0 Å². The third kappa shape index (κ3) is 2.30. The second-order valence-electron chi connectivity index (χ2n) is 3.79. The van der Waals surface area contributed by atoms with E-state index in [9.17, 15) is 8.78 Å². The summed E-state index contributed by atoms with van der Waals surface area (Å²) in [5.74, 6) is -1.61. The topological polar surface area (TPSA) is 21.1 Å². The van der Waals surface area contributed by atoms with Crippen LogP contribution in [0.3, 0.4) is 0 Å². The van der Waals surface area contributed by atoms with Gasteiger partial charge >= 0.3 is 0 Å². The Morgan fingerprint density at radius 3 is 2.47 bits per heavy atom. The van der Waals surface area contributed by atoms with Crippen molar-refractivity contribution in [3.8, 4) is 0 Å². The highest BCUT2D eigenvalue weighted by Gasteiger charge is 2.34. The highest BCUT2D eigenvalue weighted by Crippen LogP contribution is 2.30. The SMILES string of the molecule is Cn1nc(Br)cc1N1CCC(F)(F)CC1. The molecule has 3 nitrogen and oxygen atoms in total. The first kappa shape index (κ1) is 10.9. The molecular weight excluding hydrogens is 268 g/mol. The van der Waals surface area contributed by atoms with Gasteiger partial charge in [0.1, 0.15) is 10.4 Å². The van der Waals surface area contributed by atoms with Crippen molar-refractivity contribution in [2.24, 2.45) is 7.05 Å². The summed E-state index contributed by atoms with van der Waals surface area (Å²) in [6.07, 6.45) is -0.147. The minimum atomic E-state index is -2.49. The molecule has 15 heavy (non-hydrogen) atoms. The van der Waals surface area contributed by atoms with E-state index in [0.29, 0.717) is 13.1 Å². The van der Waals surface area contributed by atoms with Crippen LogP contribution in [-0.4, -0.2) is 28.8 Å². The highest BCUT2D eigenvalue weighted by atomic mass is 79.9. The molecule has 1 aromatic rings. The summed E-state index contributed by atoms with van der Waals surface area (Å²) in [6, 6.07) is 1.85. The van der Waals surface area contributed by atoms with Gasteiger partial charge in [0.25, 0.3) is 5.92 Å². The molecule has 0 amide bonds. The van der Waals surface area contributed by atoms with Crippen LogP contribution in [0.1, 0.15) is 12.8 Å². The fraction of sp³-hybridized carbons (Fsp3) is 0.667. The molecule has 1 aliphatic heterocycles. The van der Waals surface area contributed by atoms with E-state index in [1.54, 1.807) is 4.68 Å². The van der Waals surface area contributed by atoms with Gasteiger partial charge in [0.2, 0.25) is 0 Å². The average molecular weight is 280 g/mol. The van der Waals surface area contributed by atoms with Crippen LogP contribution in [0.15, 0.2) is 10.7 Å². The molecule has 0 aliphatic carbocycles. The summed E-state index contributed by atoms with van der Waals surface area (Å²) < 4.78 is 28.3. The Bertz CT molecular complexity index is 354. The van der Waals surface area contributed by atoms with Crippen molar-refractivity contribution in [1.82, 2.24) is 9.78 Å². The molecule has 0 spiro atoms. The molecule has 1 fully saturated rings. The predicted octanol–water partition coefficient (Wildman–Crippen LogP) is 2.42. The van der Waals surface area contributed by atoms with E-state index in [2.05, 4.69) is 21.0 Å². The average Bonchev–Trinajstić information content (AvgIpc) is 2.45. The van der Waals surface area contributed by atoms with E-state index >= 15 is 0 Å². The second kappa shape index (κ2) is 3.73. The van der Waals surface area contributed by atoms with Crippen molar-refractivity contribution < 1.29 is 8.78 Å². The molecule has 0 radical (unpaired) electrons. The lowest BCUT2D eigenvalue weighted by Gasteiger charge is -2.32. The third-order valence-corrected chi connectivity index (χ3v) is 3.03. The quantitative estimate of drug-likeness (QED) is 0.787. The molecule has 0 aromatic carbocycles. The van der Waals surface area contributed by atoms with Gasteiger partial charge in [-0.1, -0.05) is 0 Å². The Morgan fingerprint density at radius 1 is 1.40 bits per heavy atom. The Kier molecular flexibility index (Phi) is 2.70. The number of hydrogen-bond acceptors (Lipinski definition) is 2. The first-order valence-corrected chi connectivity index (χ1v) is 5.59. The van der Waals surface area contributed by atoms with Crippen LogP contribution in [0.4, 0.5) is 14.6 Å². The normalized spacial score (nSPS) is 20.7. The van der Waals surface area contributed by atoms with Gasteiger partial charge < -0.3 is 4.90 Å². The fourth-order valence-electron chi connectivity index (χ4n) is 1.78. The maximum Gasteiger partial charge on any atom is 0.251 e. The van der Waals surface area contributed by atoms with Crippen LogP contribution >= 0.6 is 15.9 Å². The lowest BCUT2D eigenvalue weighted by molar-refractivity contribution is -0.0222. The highest BCUT2D eigenvalue weighted by molar-refractivity contribution is 9.10. The summed E-state index contributed by atoms with van der Waals surface area (Å²) in [4.78, 5) is 1.94. The van der Waals surface area contributed by atoms with Gasteiger partial charge in [-0.25, -0.2) is 8.78 Å². The monoisotopic (exact) mass is 279 g/mol. The number of halogens is 3. The predicted molar refractivity (Wildman–Crippen MR) is 57.3 cm³/mol. The largest absolute Gasteiger partial charge is 0.356 e. The van der Waals surface area contributed by atoms with Crippen LogP contribution in [-0.2, 0) is 7.05 Å². The van der Waals surface area contributed by atoms with Crippen LogP contribution < -0.4 is 4.90 Å². The number of rotatable bonds is 1. The van der Waals surface area contributed by atoms with Gasteiger partial charge in [-0.2, -0.15) is 5.10 Å². The lowest BCUT2D eigenvalue weighted by Crippen LogP contribution is -2.40. The Balaban J connectivity index is 2.11. The Hall–Kier alpha value is -0.650. The maximum absolute atomic E-state index is 12.9. The fourth-order valence-corrected chi connectivity index (χ4v) is 2.22. The van der Waals surface area contributed by atoms with E-state index in [0.717, 1.165) is 10.4 Å². The molecular formula is C9H12BrF2N3. The van der Waals surface area contributed by atoms with Gasteiger partial charge in [-0.15, -0.1) is 0 Å². The van der Waals surface area contributed by atoms with Crippen molar-refractivity contribution in [2.45, 2.75) is 18.8 Å². The standard InChI is InChI=1S/C9H12BrF2N3/c1-14-8(6-7(10)13-14)15-4-2-9(11,12)3-5-15/h6H,2-5H2,1H3. The summed E-state index contributed by atoms with van der Waals surface area (Å²) in [5.41, 5.74) is 0. The number of hydrogen-bond donors (Lipinski definition) is 0. The number of anilines is 1. The molecule has 0 saturated carbocycles. The smallest absolute Gasteiger partial charge is 0.251 e. The number of nitrogens with zero attached hydrogens (tertiary/aromatic N) is 3. The zero-order valence-electron chi connectivity index (χ0n) is 8.38. The van der Waals surface area contributed by atoms with Gasteiger partial charge in [0.15, 0.2) is 0 Å². The molecule has 1 aromatic heterocycles. The second-order valence-corrected chi connectivity index (χ2v) is 4.60. The summed E-state index contributed by atoms with van der Waals surface area (Å²) in [7, 11) is 1.81. The maximum atomic E-state index is 12.9. The number of piperidine rings is 1. The Morgan fingerprint density at radius 2 is 2.00 bits per heavy atom. The first-order chi connectivity index (χ1) is 6.98. The molecule has 2 heterocycles. The molecule has 0 N–H and O–H groups in total. The number of alkyl halides is 2. The number of aryl methyl sites for hydroxylation is 1. The van der Waals surface area contributed by atoms with Crippen molar-refractivity contribution >= 4 is 21.7 Å². The van der Waals surface area contributed by atoms with Gasteiger partial charge in [-0.3, -0.25) is 4.68 Å². The summed E-state index contributed by atoms with van der Waals surface area (Å²) in [5, 5.41) is 4.13. The minimum absolute atomic E-state index is 0.0736. The van der Waals surface area contributed by atoms with Crippen molar-refractivity contribution in [3.05, 3.63) is 10.7 Å². The van der Waals surface area contributed by atoms with Crippen molar-refractivity contribution in [1.29, 1.82) is 0 Å². The van der Waals surface area contributed by atoms with Gasteiger partial charge in [0.05, 0.1) is 0 Å². The van der Waals surface area contributed by atoms with E-state index < -0.39 is 5.92 Å². The molecule has 0 atom stereocenters. The van der Waals surface area contributed by atoms with Crippen molar-refractivity contribution in [2.75, 3.05) is 18.0 Å². The van der Waals surface area contributed by atoms with E-state index in [1.807, 2.05) is 18.0 Å². The van der Waals surface area contributed by atoms with Crippen LogP contribution in [0.2, 0.25) is 0 Å². The molecule has 1 aliphatic rings. The molecule has 2 rings (SSSR count). The molecule has 1 saturated heterocycles. The van der Waals surface area contributed by atoms with Crippen molar-refractivity contribution in [3.63, 3.8) is 0 Å². The third-order valence-electron chi connectivity index (χ3n) is 2.64. The van der Waals surface area contributed by atoms with E-state index in [-0.39, 0.29) is 12.8 Å². The van der Waals surface area contributed by atoms with Gasteiger partial charge in [0, 0.05) is 39.0 Å². The van der Waals surface area contributed by atoms with E-state index in [4.69, 9.17) is 0 Å². The van der Waals surface area contributed by atoms with Crippen LogP contribution in [0, 0.1) is 0 Å².